The molecular weight excluding hydrogens is 206 g/mol. The highest BCUT2D eigenvalue weighted by atomic mass is 16.4. The van der Waals surface area contributed by atoms with Gasteiger partial charge in [-0.15, -0.1) is 0 Å². The summed E-state index contributed by atoms with van der Waals surface area (Å²) in [5, 5.41) is 8.64. The van der Waals surface area contributed by atoms with Gasteiger partial charge in [-0.3, -0.25) is 4.79 Å². The molecule has 1 aromatic heterocycles. The van der Waals surface area contributed by atoms with Gasteiger partial charge in [-0.2, -0.15) is 0 Å². The summed E-state index contributed by atoms with van der Waals surface area (Å²) in [6.07, 6.45) is -0.187. The van der Waals surface area contributed by atoms with Gasteiger partial charge >= 0.3 is 5.97 Å². The van der Waals surface area contributed by atoms with E-state index >= 15 is 0 Å². The van der Waals surface area contributed by atoms with Crippen LogP contribution in [0.4, 0.5) is 0 Å². The number of nitrogens with zero attached hydrogens (tertiary/aromatic N) is 1. The smallest absolute Gasteiger partial charge is 0.312 e. The Bertz CT molecular complexity index is 502. The van der Waals surface area contributed by atoms with Crippen LogP contribution < -0.4 is 0 Å². The van der Waals surface area contributed by atoms with Gasteiger partial charge in [0.2, 0.25) is 5.89 Å². The number of carboxylic acid groups (broad SMARTS) is 1. The van der Waals surface area contributed by atoms with Crippen molar-refractivity contribution in [1.29, 1.82) is 0 Å². The third kappa shape index (κ3) is 2.11. The van der Waals surface area contributed by atoms with Crippen molar-refractivity contribution in [1.82, 2.24) is 4.98 Å². The third-order valence-electron chi connectivity index (χ3n) is 2.18. The molecule has 0 unspecified atom stereocenters. The van der Waals surface area contributed by atoms with Crippen LogP contribution in [0.5, 0.6) is 0 Å². The maximum Gasteiger partial charge on any atom is 0.312 e. The lowest BCUT2D eigenvalue weighted by Gasteiger charge is -1.95. The molecule has 0 saturated carbocycles. The summed E-state index contributed by atoms with van der Waals surface area (Å²) in [5.74, 6) is -0.0680. The highest BCUT2D eigenvalue weighted by Gasteiger charge is 2.13. The van der Waals surface area contributed by atoms with Crippen molar-refractivity contribution in [3.05, 3.63) is 41.9 Å². The Morgan fingerprint density at radius 1 is 1.38 bits per heavy atom. The van der Waals surface area contributed by atoms with E-state index in [-0.39, 0.29) is 12.3 Å². The first-order valence-electron chi connectivity index (χ1n) is 4.90. The minimum Gasteiger partial charge on any atom is -0.481 e. The molecule has 1 aromatic carbocycles. The lowest BCUT2D eigenvalue weighted by molar-refractivity contribution is -0.136. The van der Waals surface area contributed by atoms with E-state index in [0.29, 0.717) is 11.5 Å². The maximum absolute atomic E-state index is 10.5. The fraction of sp³-hybridized carbons (Fsp3) is 0.167. The molecule has 0 saturated heterocycles. The van der Waals surface area contributed by atoms with Crippen molar-refractivity contribution < 1.29 is 14.3 Å². The Kier molecular flexibility index (Phi) is 2.72. The second-order valence-electron chi connectivity index (χ2n) is 3.46. The summed E-state index contributed by atoms with van der Waals surface area (Å²) in [7, 11) is 0. The predicted octanol–water partition coefficient (Wildman–Crippen LogP) is 2.28. The minimum atomic E-state index is -0.944. The summed E-state index contributed by atoms with van der Waals surface area (Å²) in [5.41, 5.74) is 1.62. The number of hydrogen-bond donors (Lipinski definition) is 1. The van der Waals surface area contributed by atoms with Gasteiger partial charge in [0.1, 0.15) is 6.42 Å². The zero-order valence-corrected chi connectivity index (χ0v) is 8.80. The molecular formula is C12H11NO3. The van der Waals surface area contributed by atoms with E-state index in [0.717, 1.165) is 5.56 Å². The average molecular weight is 217 g/mol. The Morgan fingerprint density at radius 3 is 2.69 bits per heavy atom. The quantitative estimate of drug-likeness (QED) is 0.856. The topological polar surface area (TPSA) is 63.3 Å². The second kappa shape index (κ2) is 4.18. The van der Waals surface area contributed by atoms with Crippen molar-refractivity contribution in [2.75, 3.05) is 0 Å². The Morgan fingerprint density at radius 2 is 2.06 bits per heavy atom. The first-order chi connectivity index (χ1) is 7.66. The molecule has 1 N–H and O–H groups in total. The van der Waals surface area contributed by atoms with Crippen LogP contribution in [0.15, 0.2) is 34.7 Å². The first kappa shape index (κ1) is 10.4. The van der Waals surface area contributed by atoms with Gasteiger partial charge in [0.25, 0.3) is 0 Å². The first-order valence-corrected chi connectivity index (χ1v) is 4.90. The van der Waals surface area contributed by atoms with Gasteiger partial charge in [-0.1, -0.05) is 30.3 Å². The van der Waals surface area contributed by atoms with Crippen LogP contribution >= 0.6 is 0 Å². The molecule has 16 heavy (non-hydrogen) atoms. The van der Waals surface area contributed by atoms with E-state index in [2.05, 4.69) is 4.98 Å². The summed E-state index contributed by atoms with van der Waals surface area (Å²) in [4.78, 5) is 14.6. The molecule has 0 aliphatic rings. The Balaban J connectivity index is 2.36. The summed E-state index contributed by atoms with van der Waals surface area (Å²) >= 11 is 0. The highest BCUT2D eigenvalue weighted by Crippen LogP contribution is 2.24. The Hall–Kier alpha value is -2.10. The van der Waals surface area contributed by atoms with Crippen molar-refractivity contribution >= 4 is 5.97 Å². The van der Waals surface area contributed by atoms with Gasteiger partial charge in [0.05, 0.1) is 5.69 Å². The molecule has 0 bridgehead atoms. The fourth-order valence-electron chi connectivity index (χ4n) is 1.51. The van der Waals surface area contributed by atoms with E-state index in [1.807, 2.05) is 30.3 Å². The van der Waals surface area contributed by atoms with E-state index in [4.69, 9.17) is 9.52 Å². The molecule has 0 fully saturated rings. The summed E-state index contributed by atoms with van der Waals surface area (Å²) < 4.78 is 5.42. The zero-order chi connectivity index (χ0) is 11.5. The molecule has 0 radical (unpaired) electrons. The largest absolute Gasteiger partial charge is 0.481 e. The van der Waals surface area contributed by atoms with Crippen LogP contribution in [-0.2, 0) is 11.2 Å². The molecule has 4 heteroatoms. The van der Waals surface area contributed by atoms with E-state index in [1.165, 1.54) is 0 Å². The van der Waals surface area contributed by atoms with Crippen LogP contribution in [0.1, 0.15) is 11.6 Å². The number of aromatic nitrogens is 1. The number of aliphatic carboxylic acids is 1. The normalized spacial score (nSPS) is 10.3. The molecule has 82 valence electrons. The molecule has 0 aliphatic carbocycles. The number of aryl methyl sites for hydroxylation is 1. The van der Waals surface area contributed by atoms with E-state index in [9.17, 15) is 4.79 Å². The van der Waals surface area contributed by atoms with Gasteiger partial charge in [0, 0.05) is 5.56 Å². The number of benzene rings is 1. The monoisotopic (exact) mass is 217 g/mol. The molecule has 1 heterocycles. The van der Waals surface area contributed by atoms with Crippen molar-refractivity contribution in [2.24, 2.45) is 0 Å². The third-order valence-corrected chi connectivity index (χ3v) is 2.18. The molecule has 4 nitrogen and oxygen atoms in total. The van der Waals surface area contributed by atoms with Crippen LogP contribution in [0.3, 0.4) is 0 Å². The molecule has 0 spiro atoms. The average Bonchev–Trinajstić information content (AvgIpc) is 2.60. The van der Waals surface area contributed by atoms with Crippen LogP contribution in [-0.4, -0.2) is 16.1 Å². The number of carbonyl (C=O) groups is 1. The Labute approximate surface area is 92.6 Å². The maximum atomic E-state index is 10.5. The number of rotatable bonds is 3. The summed E-state index contributed by atoms with van der Waals surface area (Å²) in [6, 6.07) is 9.51. The SMILES string of the molecule is Cc1nc(CC(=O)O)oc1-c1ccccc1. The van der Waals surface area contributed by atoms with Crippen LogP contribution in [0, 0.1) is 6.92 Å². The van der Waals surface area contributed by atoms with Crippen LogP contribution in [0.25, 0.3) is 11.3 Å². The van der Waals surface area contributed by atoms with Gasteiger partial charge < -0.3 is 9.52 Å². The van der Waals surface area contributed by atoms with E-state index < -0.39 is 5.97 Å². The summed E-state index contributed by atoms with van der Waals surface area (Å²) in [6.45, 7) is 1.80. The van der Waals surface area contributed by atoms with Gasteiger partial charge in [-0.05, 0) is 6.92 Å². The molecule has 0 atom stereocenters. The molecule has 0 amide bonds. The molecule has 2 aromatic rings. The number of oxazole rings is 1. The zero-order valence-electron chi connectivity index (χ0n) is 8.80. The van der Waals surface area contributed by atoms with Crippen molar-refractivity contribution in [2.45, 2.75) is 13.3 Å². The minimum absolute atomic E-state index is 0.187. The number of carboxylic acids is 1. The lowest BCUT2D eigenvalue weighted by Crippen LogP contribution is -1.99. The molecule has 2 rings (SSSR count). The van der Waals surface area contributed by atoms with Crippen LogP contribution in [0.2, 0.25) is 0 Å². The highest BCUT2D eigenvalue weighted by molar-refractivity contribution is 5.69. The van der Waals surface area contributed by atoms with E-state index in [1.54, 1.807) is 6.92 Å². The second-order valence-corrected chi connectivity index (χ2v) is 3.46. The van der Waals surface area contributed by atoms with Crippen molar-refractivity contribution in [3.63, 3.8) is 0 Å². The number of hydrogen-bond acceptors (Lipinski definition) is 3. The van der Waals surface area contributed by atoms with Crippen molar-refractivity contribution in [3.8, 4) is 11.3 Å². The molecule has 0 aliphatic heterocycles. The lowest BCUT2D eigenvalue weighted by atomic mass is 10.1. The fourth-order valence-corrected chi connectivity index (χ4v) is 1.51. The predicted molar refractivity (Wildman–Crippen MR) is 58.0 cm³/mol. The van der Waals surface area contributed by atoms with Gasteiger partial charge in [0.15, 0.2) is 5.76 Å². The van der Waals surface area contributed by atoms with Gasteiger partial charge in [-0.25, -0.2) is 4.98 Å². The standard InChI is InChI=1S/C12H11NO3/c1-8-12(9-5-3-2-4-6-9)16-10(13-8)7-11(14)15/h2-6H,7H2,1H3,(H,14,15).